The van der Waals surface area contributed by atoms with Gasteiger partial charge in [-0.25, -0.2) is 9.69 Å². The fourth-order valence-electron chi connectivity index (χ4n) is 2.07. The first-order valence-electron chi connectivity index (χ1n) is 6.33. The topological polar surface area (TPSA) is 49.4 Å². The van der Waals surface area contributed by atoms with Crippen LogP contribution in [0.25, 0.3) is 6.08 Å². The number of rotatable bonds is 2. The predicted octanol–water partition coefficient (Wildman–Crippen LogP) is 3.44. The molecule has 104 valence electrons. The van der Waals surface area contributed by atoms with E-state index >= 15 is 0 Å². The van der Waals surface area contributed by atoms with Crippen molar-refractivity contribution in [3.05, 3.63) is 70.9 Å². The summed E-state index contributed by atoms with van der Waals surface area (Å²) >= 11 is 5.82. The normalized spacial score (nSPS) is 16.4. The molecule has 3 rings (SSSR count). The lowest BCUT2D eigenvalue weighted by Gasteiger charge is -2.10. The minimum atomic E-state index is -0.452. The summed E-state index contributed by atoms with van der Waals surface area (Å²) in [7, 11) is 0. The molecule has 4 nitrogen and oxygen atoms in total. The van der Waals surface area contributed by atoms with E-state index in [0.29, 0.717) is 10.7 Å². The standard InChI is InChI=1S/C16H11ClN2O2/c17-12-8-6-11(7-9-12)10-14-15(20)19(16(21)18-14)13-4-2-1-3-5-13/h1-10H,(H,18,21)/b14-10+. The van der Waals surface area contributed by atoms with E-state index in [1.165, 1.54) is 0 Å². The highest BCUT2D eigenvalue weighted by molar-refractivity contribution is 6.30. The van der Waals surface area contributed by atoms with E-state index in [2.05, 4.69) is 5.32 Å². The number of halogens is 1. The Kier molecular flexibility index (Phi) is 3.46. The zero-order valence-corrected chi connectivity index (χ0v) is 11.7. The molecular formula is C16H11ClN2O2. The van der Waals surface area contributed by atoms with Gasteiger partial charge >= 0.3 is 6.03 Å². The van der Waals surface area contributed by atoms with Gasteiger partial charge in [-0.2, -0.15) is 0 Å². The Labute approximate surface area is 126 Å². The molecule has 3 amide bonds. The molecule has 0 radical (unpaired) electrons. The van der Waals surface area contributed by atoms with Crippen LogP contribution >= 0.6 is 11.6 Å². The van der Waals surface area contributed by atoms with Crippen molar-refractivity contribution in [1.29, 1.82) is 0 Å². The molecule has 2 aromatic rings. The van der Waals surface area contributed by atoms with Crippen LogP contribution in [0.2, 0.25) is 5.02 Å². The van der Waals surface area contributed by atoms with Crippen LogP contribution in [0.3, 0.4) is 0 Å². The summed E-state index contributed by atoms with van der Waals surface area (Å²) in [6, 6.07) is 15.4. The number of anilines is 1. The summed E-state index contributed by atoms with van der Waals surface area (Å²) in [5, 5.41) is 3.20. The van der Waals surface area contributed by atoms with Crippen molar-refractivity contribution >= 4 is 35.3 Å². The first-order valence-corrected chi connectivity index (χ1v) is 6.71. The van der Waals surface area contributed by atoms with E-state index in [1.54, 1.807) is 54.6 Å². The molecule has 0 aliphatic carbocycles. The number of para-hydroxylation sites is 1. The average Bonchev–Trinajstić information content (AvgIpc) is 2.77. The Morgan fingerprint density at radius 1 is 0.952 bits per heavy atom. The minimum Gasteiger partial charge on any atom is -0.302 e. The number of hydrogen-bond acceptors (Lipinski definition) is 2. The van der Waals surface area contributed by atoms with Gasteiger partial charge in [0.2, 0.25) is 0 Å². The predicted molar refractivity (Wildman–Crippen MR) is 81.9 cm³/mol. The molecule has 1 fully saturated rings. The van der Waals surface area contributed by atoms with Crippen molar-refractivity contribution in [2.45, 2.75) is 0 Å². The molecule has 1 heterocycles. The Balaban J connectivity index is 1.92. The van der Waals surface area contributed by atoms with Crippen molar-refractivity contribution in [3.63, 3.8) is 0 Å². The van der Waals surface area contributed by atoms with Gasteiger partial charge in [-0.1, -0.05) is 41.9 Å². The summed E-state index contributed by atoms with van der Waals surface area (Å²) in [5.41, 5.74) is 1.57. The average molecular weight is 299 g/mol. The molecule has 5 heteroatoms. The lowest BCUT2D eigenvalue weighted by atomic mass is 10.2. The highest BCUT2D eigenvalue weighted by Gasteiger charge is 2.34. The Bertz CT molecular complexity index is 724. The molecular weight excluding hydrogens is 288 g/mol. The zero-order valence-electron chi connectivity index (χ0n) is 10.9. The first kappa shape index (κ1) is 13.4. The van der Waals surface area contributed by atoms with Gasteiger partial charge in [0.15, 0.2) is 0 Å². The van der Waals surface area contributed by atoms with Crippen LogP contribution in [0.5, 0.6) is 0 Å². The van der Waals surface area contributed by atoms with Crippen LogP contribution in [-0.2, 0) is 4.79 Å². The summed E-state index contributed by atoms with van der Waals surface area (Å²) < 4.78 is 0. The van der Waals surface area contributed by atoms with Crippen molar-refractivity contribution in [2.75, 3.05) is 4.90 Å². The summed E-state index contributed by atoms with van der Waals surface area (Å²) in [5.74, 6) is -0.374. The molecule has 2 aromatic carbocycles. The zero-order chi connectivity index (χ0) is 14.8. The molecule has 0 atom stereocenters. The summed E-state index contributed by atoms with van der Waals surface area (Å²) in [6.07, 6.45) is 1.62. The number of carbonyl (C=O) groups excluding carboxylic acids is 2. The monoisotopic (exact) mass is 298 g/mol. The maximum Gasteiger partial charge on any atom is 0.333 e. The molecule has 0 spiro atoms. The third-order valence-electron chi connectivity index (χ3n) is 3.07. The number of urea groups is 1. The maximum atomic E-state index is 12.3. The summed E-state index contributed by atoms with van der Waals surface area (Å²) in [4.78, 5) is 25.4. The number of nitrogens with one attached hydrogen (secondary N) is 1. The smallest absolute Gasteiger partial charge is 0.302 e. The second kappa shape index (κ2) is 5.42. The Hall–Kier alpha value is -2.59. The van der Waals surface area contributed by atoms with Crippen molar-refractivity contribution in [3.8, 4) is 0 Å². The molecule has 0 aromatic heterocycles. The molecule has 0 bridgehead atoms. The van der Waals surface area contributed by atoms with E-state index in [-0.39, 0.29) is 11.6 Å². The second-order valence-electron chi connectivity index (χ2n) is 4.52. The van der Waals surface area contributed by atoms with Crippen LogP contribution in [-0.4, -0.2) is 11.9 Å². The van der Waals surface area contributed by atoms with E-state index in [0.717, 1.165) is 10.5 Å². The molecule has 1 N–H and O–H groups in total. The van der Waals surface area contributed by atoms with E-state index in [1.807, 2.05) is 6.07 Å². The molecule has 21 heavy (non-hydrogen) atoms. The molecule has 1 aliphatic heterocycles. The van der Waals surface area contributed by atoms with Crippen LogP contribution in [0.4, 0.5) is 10.5 Å². The van der Waals surface area contributed by atoms with Gasteiger partial charge in [-0.3, -0.25) is 4.79 Å². The van der Waals surface area contributed by atoms with Crippen molar-refractivity contribution in [2.24, 2.45) is 0 Å². The van der Waals surface area contributed by atoms with Crippen LogP contribution in [0.15, 0.2) is 60.3 Å². The number of nitrogens with zero attached hydrogens (tertiary/aromatic N) is 1. The van der Waals surface area contributed by atoms with Gasteiger partial charge < -0.3 is 5.32 Å². The lowest BCUT2D eigenvalue weighted by Crippen LogP contribution is -2.30. The van der Waals surface area contributed by atoms with Crippen LogP contribution < -0.4 is 10.2 Å². The quantitative estimate of drug-likeness (QED) is 0.682. The number of benzene rings is 2. The number of carbonyl (C=O) groups is 2. The lowest BCUT2D eigenvalue weighted by molar-refractivity contribution is -0.113. The summed E-state index contributed by atoms with van der Waals surface area (Å²) in [6.45, 7) is 0. The van der Waals surface area contributed by atoms with E-state index in [4.69, 9.17) is 11.6 Å². The number of imide groups is 1. The minimum absolute atomic E-state index is 0.242. The van der Waals surface area contributed by atoms with Gasteiger partial charge in [-0.05, 0) is 35.9 Å². The van der Waals surface area contributed by atoms with Crippen LogP contribution in [0, 0.1) is 0 Å². The van der Waals surface area contributed by atoms with Gasteiger partial charge in [0.05, 0.1) is 5.69 Å². The van der Waals surface area contributed by atoms with Gasteiger partial charge in [0.1, 0.15) is 5.70 Å². The number of hydrogen-bond donors (Lipinski definition) is 1. The third kappa shape index (κ3) is 2.66. The SMILES string of the molecule is O=C1N/C(=C/c2ccc(Cl)cc2)C(=O)N1c1ccccc1. The molecule has 1 aliphatic rings. The first-order chi connectivity index (χ1) is 10.1. The number of amides is 3. The second-order valence-corrected chi connectivity index (χ2v) is 4.95. The van der Waals surface area contributed by atoms with Crippen molar-refractivity contribution < 1.29 is 9.59 Å². The van der Waals surface area contributed by atoms with Crippen LogP contribution in [0.1, 0.15) is 5.56 Å². The maximum absolute atomic E-state index is 12.3. The highest BCUT2D eigenvalue weighted by atomic mass is 35.5. The van der Waals surface area contributed by atoms with Gasteiger partial charge in [-0.15, -0.1) is 0 Å². The largest absolute Gasteiger partial charge is 0.333 e. The van der Waals surface area contributed by atoms with E-state index in [9.17, 15) is 9.59 Å². The highest BCUT2D eigenvalue weighted by Crippen LogP contribution is 2.22. The van der Waals surface area contributed by atoms with E-state index < -0.39 is 6.03 Å². The fraction of sp³-hybridized carbons (Fsp3) is 0. The Morgan fingerprint density at radius 3 is 2.29 bits per heavy atom. The van der Waals surface area contributed by atoms with Gasteiger partial charge in [0.25, 0.3) is 5.91 Å². The fourth-order valence-corrected chi connectivity index (χ4v) is 2.20. The Morgan fingerprint density at radius 2 is 1.62 bits per heavy atom. The molecule has 0 saturated carbocycles. The molecule has 0 unspecified atom stereocenters. The van der Waals surface area contributed by atoms with Gasteiger partial charge in [0, 0.05) is 5.02 Å². The molecule has 1 saturated heterocycles. The third-order valence-corrected chi connectivity index (χ3v) is 3.33. The van der Waals surface area contributed by atoms with Crippen molar-refractivity contribution in [1.82, 2.24) is 5.32 Å².